The van der Waals surface area contributed by atoms with Gasteiger partial charge in [0.15, 0.2) is 11.8 Å². The third-order valence-electron chi connectivity index (χ3n) is 9.17. The van der Waals surface area contributed by atoms with Gasteiger partial charge in [0.25, 0.3) is 0 Å². The summed E-state index contributed by atoms with van der Waals surface area (Å²) in [6, 6.07) is 25.2. The van der Waals surface area contributed by atoms with E-state index < -0.39 is 41.9 Å². The Morgan fingerprint density at radius 1 is 0.941 bits per heavy atom. The van der Waals surface area contributed by atoms with Crippen LogP contribution in [0.4, 0.5) is 10.1 Å². The monoisotopic (exact) mass is 695 g/mol. The van der Waals surface area contributed by atoms with Crippen molar-refractivity contribution in [3.05, 3.63) is 125 Å². The molecular weight excluding hydrogens is 653 g/mol. The molecule has 0 saturated heterocycles. The average Bonchev–Trinajstić information content (AvgIpc) is 3.44. The van der Waals surface area contributed by atoms with Crippen molar-refractivity contribution in [3.8, 4) is 11.1 Å². The number of imidazole rings is 1. The summed E-state index contributed by atoms with van der Waals surface area (Å²) in [5, 5.41) is 3.61. The number of nitrogens with zero attached hydrogens (tertiary/aromatic N) is 2. The first kappa shape index (κ1) is 35.7. The molecule has 3 heterocycles. The van der Waals surface area contributed by atoms with E-state index in [1.54, 1.807) is 26.2 Å². The van der Waals surface area contributed by atoms with Crippen LogP contribution >= 0.6 is 0 Å². The Balaban J connectivity index is 1.09. The fraction of sp³-hybridized carbons (Fsp3) is 0.325. The van der Waals surface area contributed by atoms with Crippen molar-refractivity contribution in [2.24, 2.45) is 0 Å². The summed E-state index contributed by atoms with van der Waals surface area (Å²) in [5.41, 5.74) is 6.92. The Kier molecular flexibility index (Phi) is 11.4. The normalized spacial score (nSPS) is 17.4. The molecule has 10 nitrogen and oxygen atoms in total. The molecule has 11 heteroatoms. The van der Waals surface area contributed by atoms with Crippen molar-refractivity contribution in [2.45, 2.75) is 44.9 Å². The molecule has 0 bridgehead atoms. The van der Waals surface area contributed by atoms with Crippen LogP contribution in [-0.4, -0.2) is 67.6 Å². The molecule has 1 aliphatic heterocycles. The smallest absolute Gasteiger partial charge is 0.332 e. The second kappa shape index (κ2) is 16.3. The molecule has 2 aromatic heterocycles. The Morgan fingerprint density at radius 2 is 1.69 bits per heavy atom. The highest BCUT2D eigenvalue weighted by Crippen LogP contribution is 2.44. The first-order chi connectivity index (χ1) is 24.8. The van der Waals surface area contributed by atoms with Gasteiger partial charge in [0.2, 0.25) is 0 Å². The highest BCUT2D eigenvalue weighted by Gasteiger charge is 2.42. The Labute approximate surface area is 296 Å². The number of aromatic nitrogens is 2. The lowest BCUT2D eigenvalue weighted by molar-refractivity contribution is -0.167. The van der Waals surface area contributed by atoms with Crippen LogP contribution in [0.2, 0.25) is 0 Å². The van der Waals surface area contributed by atoms with E-state index in [9.17, 15) is 14.0 Å². The van der Waals surface area contributed by atoms with Gasteiger partial charge in [-0.2, -0.15) is 0 Å². The van der Waals surface area contributed by atoms with Crippen molar-refractivity contribution >= 4 is 23.3 Å². The van der Waals surface area contributed by atoms with Crippen LogP contribution in [0, 0.1) is 19.7 Å². The molecule has 0 fully saturated rings. The Morgan fingerprint density at radius 3 is 2.41 bits per heavy atom. The van der Waals surface area contributed by atoms with Gasteiger partial charge in [0.1, 0.15) is 25.1 Å². The van der Waals surface area contributed by atoms with E-state index in [1.165, 1.54) is 6.07 Å². The molecule has 3 aromatic carbocycles. The van der Waals surface area contributed by atoms with Crippen LogP contribution in [0.1, 0.15) is 53.1 Å². The fourth-order valence-electron chi connectivity index (χ4n) is 6.29. The zero-order valence-corrected chi connectivity index (χ0v) is 29.1. The fourth-order valence-corrected chi connectivity index (χ4v) is 6.29. The highest BCUT2D eigenvalue weighted by molar-refractivity contribution is 5.78. The minimum atomic E-state index is -0.764. The number of methoxy groups -OCH3 is 1. The van der Waals surface area contributed by atoms with Crippen molar-refractivity contribution in [3.63, 3.8) is 0 Å². The zero-order chi connectivity index (χ0) is 35.9. The van der Waals surface area contributed by atoms with E-state index in [1.807, 2.05) is 91.2 Å². The van der Waals surface area contributed by atoms with Gasteiger partial charge in [-0.15, -0.1) is 0 Å². The number of esters is 2. The largest absolute Gasteiger partial charge is 0.463 e. The summed E-state index contributed by atoms with van der Waals surface area (Å²) in [4.78, 5) is 30.9. The molecule has 5 aromatic rings. The molecule has 51 heavy (non-hydrogen) atoms. The first-order valence-corrected chi connectivity index (χ1v) is 17.0. The van der Waals surface area contributed by atoms with Crippen molar-refractivity contribution < 1.29 is 37.7 Å². The zero-order valence-electron chi connectivity index (χ0n) is 29.1. The molecule has 1 aliphatic rings. The summed E-state index contributed by atoms with van der Waals surface area (Å²) in [5.74, 6) is -2.25. The highest BCUT2D eigenvalue weighted by atomic mass is 19.1. The number of hydrogen-bond acceptors (Lipinski definition) is 9. The number of rotatable bonds is 14. The van der Waals surface area contributed by atoms with E-state index in [0.717, 1.165) is 39.4 Å². The summed E-state index contributed by atoms with van der Waals surface area (Å²) in [6.45, 7) is 5.78. The Bertz CT molecular complexity index is 1970. The molecule has 266 valence electrons. The summed E-state index contributed by atoms with van der Waals surface area (Å²) in [7, 11) is 1.60. The van der Waals surface area contributed by atoms with Gasteiger partial charge in [0.05, 0.1) is 43.2 Å². The maximum atomic E-state index is 14.9. The third-order valence-corrected chi connectivity index (χ3v) is 9.17. The van der Waals surface area contributed by atoms with Gasteiger partial charge in [0, 0.05) is 30.1 Å². The Hall–Kier alpha value is -5.10. The molecule has 0 saturated carbocycles. The predicted octanol–water partition coefficient (Wildman–Crippen LogP) is 6.90. The second-order valence-electron chi connectivity index (χ2n) is 12.4. The number of hydrogen-bond donors (Lipinski definition) is 1. The van der Waals surface area contributed by atoms with Crippen molar-refractivity contribution in [1.29, 1.82) is 0 Å². The van der Waals surface area contributed by atoms with Gasteiger partial charge in [-0.05, 0) is 49.6 Å². The van der Waals surface area contributed by atoms with Crippen LogP contribution < -0.4 is 5.32 Å². The number of carbonyl (C=O) groups is 2. The molecule has 0 unspecified atom stereocenters. The molecule has 0 amide bonds. The van der Waals surface area contributed by atoms with Crippen LogP contribution in [0.3, 0.4) is 0 Å². The number of halogens is 1. The molecule has 4 atom stereocenters. The number of pyridine rings is 1. The second-order valence-corrected chi connectivity index (χ2v) is 12.4. The summed E-state index contributed by atoms with van der Waals surface area (Å²) >= 11 is 0. The van der Waals surface area contributed by atoms with Gasteiger partial charge >= 0.3 is 11.9 Å². The van der Waals surface area contributed by atoms with Crippen LogP contribution in [0.25, 0.3) is 16.8 Å². The maximum absolute atomic E-state index is 14.9. The number of anilines is 1. The van der Waals surface area contributed by atoms with E-state index in [2.05, 4.69) is 5.32 Å². The number of aryl methyl sites for hydroxylation is 2. The lowest BCUT2D eigenvalue weighted by Crippen LogP contribution is -2.41. The quantitative estimate of drug-likeness (QED) is 0.0980. The van der Waals surface area contributed by atoms with Gasteiger partial charge in [-0.3, -0.25) is 4.79 Å². The van der Waals surface area contributed by atoms with Gasteiger partial charge in [-0.25, -0.2) is 14.2 Å². The van der Waals surface area contributed by atoms with Crippen LogP contribution in [0.15, 0.2) is 91.1 Å². The minimum absolute atomic E-state index is 0.0347. The molecule has 0 radical (unpaired) electrons. The van der Waals surface area contributed by atoms with E-state index >= 15 is 0 Å². The number of ether oxygens (including phenoxy) is 5. The SMILES string of the molecule is COCCO[C@@H]1c2ccn3c(C)c(C)nc3c2N[C@H](c2ccccc2)[C@H]1OC(=O)COCCOC(=O)[C@@H](C)c1ccc(-c2ccccc2)c(F)c1. The lowest BCUT2D eigenvalue weighted by Gasteiger charge is -2.40. The number of benzene rings is 3. The van der Waals surface area contributed by atoms with Crippen LogP contribution in [-0.2, 0) is 33.3 Å². The van der Waals surface area contributed by atoms with E-state index in [0.29, 0.717) is 17.7 Å². The van der Waals surface area contributed by atoms with E-state index in [-0.39, 0.29) is 26.4 Å². The molecular formula is C40H42FN3O7. The molecule has 0 spiro atoms. The average molecular weight is 696 g/mol. The topological polar surface area (TPSA) is 110 Å². The minimum Gasteiger partial charge on any atom is -0.463 e. The molecule has 0 aliphatic carbocycles. The van der Waals surface area contributed by atoms with Gasteiger partial charge in [-0.1, -0.05) is 72.8 Å². The summed E-state index contributed by atoms with van der Waals surface area (Å²) in [6.07, 6.45) is 0.544. The lowest BCUT2D eigenvalue weighted by atomic mass is 9.88. The predicted molar refractivity (Wildman–Crippen MR) is 190 cm³/mol. The maximum Gasteiger partial charge on any atom is 0.332 e. The number of fused-ring (bicyclic) bond motifs is 3. The summed E-state index contributed by atoms with van der Waals surface area (Å²) < 4.78 is 45.6. The first-order valence-electron chi connectivity index (χ1n) is 17.0. The van der Waals surface area contributed by atoms with Crippen molar-refractivity contribution in [2.75, 3.05) is 45.5 Å². The van der Waals surface area contributed by atoms with Crippen molar-refractivity contribution in [1.82, 2.24) is 9.38 Å². The van der Waals surface area contributed by atoms with Crippen LogP contribution in [0.5, 0.6) is 0 Å². The number of nitrogens with one attached hydrogen (secondary N) is 1. The standard InChI is InChI=1S/C40H42FN3O7/c1-25(30-15-16-31(33(41)23-30)28-11-7-5-8-12-28)40(46)50-22-20-48-24-34(45)51-38-35(29-13-9-6-10-14-29)43-36-32(37(38)49-21-19-47-4)17-18-44-27(3)26(2)42-39(36)44/h5-18,23,25,35,37-38,43H,19-22,24H2,1-4H3/t25-,35+,37+,38+/m0/s1. The van der Waals surface area contributed by atoms with Gasteiger partial charge < -0.3 is 33.4 Å². The molecule has 1 N–H and O–H groups in total. The molecule has 6 rings (SSSR count). The van der Waals surface area contributed by atoms with E-state index in [4.69, 9.17) is 28.7 Å². The number of carbonyl (C=O) groups excluding carboxylic acids is 2. The third kappa shape index (κ3) is 7.96.